The summed E-state index contributed by atoms with van der Waals surface area (Å²) in [6.07, 6.45) is 3.67. The Morgan fingerprint density at radius 1 is 1.22 bits per heavy atom. The number of amides is 1. The van der Waals surface area contributed by atoms with Crippen LogP contribution in [-0.2, 0) is 14.8 Å². The Hall–Kier alpha value is -1.19. The Labute approximate surface area is 167 Å². The molecule has 0 bridgehead atoms. The zero-order valence-corrected chi connectivity index (χ0v) is 17.1. The lowest BCUT2D eigenvalue weighted by atomic mass is 9.79. The van der Waals surface area contributed by atoms with E-state index >= 15 is 0 Å². The lowest BCUT2D eigenvalue weighted by molar-refractivity contribution is 0.0511. The minimum absolute atomic E-state index is 0. The first-order chi connectivity index (χ1) is 12.4. The highest BCUT2D eigenvalue weighted by molar-refractivity contribution is 7.89. The Morgan fingerprint density at radius 3 is 2.41 bits per heavy atom. The molecule has 1 aliphatic heterocycles. The summed E-state index contributed by atoms with van der Waals surface area (Å²) in [6.45, 7) is 2.99. The summed E-state index contributed by atoms with van der Waals surface area (Å²) in [6, 6.07) is 6.14. The van der Waals surface area contributed by atoms with E-state index in [0.717, 1.165) is 38.8 Å². The fourth-order valence-corrected chi connectivity index (χ4v) is 4.58. The van der Waals surface area contributed by atoms with Gasteiger partial charge in [-0.05, 0) is 63.0 Å². The van der Waals surface area contributed by atoms with Crippen LogP contribution in [0.2, 0.25) is 0 Å². The fraction of sp³-hybridized carbons (Fsp3) is 0.611. The fourth-order valence-electron chi connectivity index (χ4n) is 3.28. The molecule has 2 aliphatic rings. The van der Waals surface area contributed by atoms with Crippen LogP contribution >= 0.6 is 12.4 Å². The van der Waals surface area contributed by atoms with E-state index < -0.39 is 10.0 Å². The second-order valence-corrected chi connectivity index (χ2v) is 9.00. The van der Waals surface area contributed by atoms with Crippen LogP contribution < -0.4 is 15.4 Å². The first-order valence-corrected chi connectivity index (χ1v) is 10.5. The average Bonchev–Trinajstić information content (AvgIpc) is 3.44. The van der Waals surface area contributed by atoms with Gasteiger partial charge in [-0.15, -0.1) is 12.4 Å². The van der Waals surface area contributed by atoms with Crippen molar-refractivity contribution in [1.29, 1.82) is 0 Å². The summed E-state index contributed by atoms with van der Waals surface area (Å²) in [7, 11) is -1.81. The quantitative estimate of drug-likeness (QED) is 0.592. The molecule has 1 amide bonds. The molecule has 0 aromatic heterocycles. The number of carbonyl (C=O) groups is 1. The Morgan fingerprint density at radius 2 is 1.85 bits per heavy atom. The first-order valence-electron chi connectivity index (χ1n) is 9.04. The van der Waals surface area contributed by atoms with Crippen molar-refractivity contribution in [2.45, 2.75) is 36.6 Å². The van der Waals surface area contributed by atoms with E-state index in [-0.39, 0.29) is 34.7 Å². The molecule has 1 aromatic rings. The number of nitrogens with one attached hydrogen (secondary N) is 3. The molecule has 7 nitrogen and oxygen atoms in total. The molecule has 0 radical (unpaired) electrons. The molecule has 152 valence electrons. The molecule has 1 heterocycles. The van der Waals surface area contributed by atoms with Crippen LogP contribution in [0.4, 0.5) is 0 Å². The molecule has 3 rings (SSSR count). The summed E-state index contributed by atoms with van der Waals surface area (Å²) in [5, 5.41) is 6.31. The van der Waals surface area contributed by atoms with Crippen LogP contribution in [0, 0.1) is 5.41 Å². The maximum absolute atomic E-state index is 12.4. The largest absolute Gasteiger partial charge is 0.384 e. The number of piperidine rings is 1. The van der Waals surface area contributed by atoms with E-state index in [2.05, 4.69) is 15.4 Å². The van der Waals surface area contributed by atoms with Crippen molar-refractivity contribution >= 4 is 28.3 Å². The summed E-state index contributed by atoms with van der Waals surface area (Å²) < 4.78 is 32.4. The number of rotatable bonds is 8. The van der Waals surface area contributed by atoms with E-state index in [0.29, 0.717) is 18.7 Å². The zero-order valence-electron chi connectivity index (χ0n) is 15.5. The summed E-state index contributed by atoms with van der Waals surface area (Å²) in [4.78, 5) is 12.6. The molecule has 27 heavy (non-hydrogen) atoms. The van der Waals surface area contributed by atoms with Gasteiger partial charge in [0, 0.05) is 30.7 Å². The molecule has 1 aliphatic carbocycles. The van der Waals surface area contributed by atoms with Crippen molar-refractivity contribution in [2.75, 3.05) is 33.4 Å². The summed E-state index contributed by atoms with van der Waals surface area (Å²) in [5.41, 5.74) is 0.407. The minimum Gasteiger partial charge on any atom is -0.384 e. The second kappa shape index (κ2) is 9.34. The first kappa shape index (κ1) is 22.1. The van der Waals surface area contributed by atoms with Gasteiger partial charge in [-0.3, -0.25) is 4.79 Å². The molecule has 3 N–H and O–H groups in total. The van der Waals surface area contributed by atoms with E-state index in [1.807, 2.05) is 0 Å². The third kappa shape index (κ3) is 5.89. The van der Waals surface area contributed by atoms with E-state index in [4.69, 9.17) is 4.74 Å². The van der Waals surface area contributed by atoms with E-state index in [1.165, 1.54) is 12.1 Å². The lowest BCUT2D eigenvalue weighted by Gasteiger charge is -2.37. The van der Waals surface area contributed by atoms with E-state index in [9.17, 15) is 13.2 Å². The van der Waals surface area contributed by atoms with Gasteiger partial charge in [0.25, 0.3) is 5.91 Å². The normalized spacial score (nSPS) is 19.1. The second-order valence-electron chi connectivity index (χ2n) is 7.29. The van der Waals surface area contributed by atoms with Gasteiger partial charge in [-0.25, -0.2) is 13.1 Å². The molecule has 2 fully saturated rings. The van der Waals surface area contributed by atoms with Crippen LogP contribution in [0.15, 0.2) is 29.2 Å². The van der Waals surface area contributed by atoms with Crippen LogP contribution in [0.5, 0.6) is 0 Å². The number of ether oxygens (including phenoxy) is 1. The monoisotopic (exact) mass is 417 g/mol. The molecular formula is C18H28ClN3O4S. The summed E-state index contributed by atoms with van der Waals surface area (Å²) >= 11 is 0. The SMILES string of the molecule is COCC1(CNC(=O)c2ccc(S(=O)(=O)NC3CC3)cc2)CCNCC1.Cl. The molecular weight excluding hydrogens is 390 g/mol. The maximum Gasteiger partial charge on any atom is 0.251 e. The molecule has 1 saturated heterocycles. The van der Waals surface area contributed by atoms with Crippen LogP contribution in [0.3, 0.4) is 0 Å². The Balaban J connectivity index is 0.00000261. The van der Waals surface area contributed by atoms with Gasteiger partial charge in [0.05, 0.1) is 11.5 Å². The van der Waals surface area contributed by atoms with Crippen molar-refractivity contribution in [1.82, 2.24) is 15.4 Å². The van der Waals surface area contributed by atoms with Gasteiger partial charge in [0.1, 0.15) is 0 Å². The standard InChI is InChI=1S/C18H27N3O4S.ClH/c1-25-13-18(8-10-19-11-9-18)12-20-17(22)14-2-6-16(7-3-14)26(23,24)21-15-4-5-15;/h2-3,6-7,15,19,21H,4-5,8-13H2,1H3,(H,20,22);1H. The average molecular weight is 418 g/mol. The third-order valence-corrected chi connectivity index (χ3v) is 6.60. The molecule has 9 heteroatoms. The number of benzene rings is 1. The topological polar surface area (TPSA) is 96.5 Å². The predicted octanol–water partition coefficient (Wildman–Crippen LogP) is 1.30. The molecule has 1 aromatic carbocycles. The molecule has 0 atom stereocenters. The van der Waals surface area contributed by atoms with Gasteiger partial charge in [-0.1, -0.05) is 0 Å². The third-order valence-electron chi connectivity index (χ3n) is 5.06. The number of sulfonamides is 1. The highest BCUT2D eigenvalue weighted by Gasteiger charge is 2.32. The number of carbonyl (C=O) groups excluding carboxylic acids is 1. The molecule has 0 spiro atoms. The van der Waals surface area contributed by atoms with Crippen molar-refractivity contribution in [2.24, 2.45) is 5.41 Å². The van der Waals surface area contributed by atoms with Gasteiger partial charge < -0.3 is 15.4 Å². The lowest BCUT2D eigenvalue weighted by Crippen LogP contribution is -2.47. The van der Waals surface area contributed by atoms with Crippen LogP contribution in [0.25, 0.3) is 0 Å². The Kier molecular flexibility index (Phi) is 7.64. The summed E-state index contributed by atoms with van der Waals surface area (Å²) in [5.74, 6) is -0.196. The minimum atomic E-state index is -3.49. The van der Waals surface area contributed by atoms with E-state index in [1.54, 1.807) is 19.2 Å². The predicted molar refractivity (Wildman–Crippen MR) is 106 cm³/mol. The number of hydrogen-bond acceptors (Lipinski definition) is 5. The molecule has 1 saturated carbocycles. The highest BCUT2D eigenvalue weighted by atomic mass is 35.5. The number of methoxy groups -OCH3 is 1. The van der Waals surface area contributed by atoms with Crippen LogP contribution in [-0.4, -0.2) is 53.7 Å². The van der Waals surface area contributed by atoms with Crippen molar-refractivity contribution in [3.8, 4) is 0 Å². The highest BCUT2D eigenvalue weighted by Crippen LogP contribution is 2.28. The molecule has 0 unspecified atom stereocenters. The Bertz CT molecular complexity index is 724. The zero-order chi connectivity index (χ0) is 18.6. The van der Waals surface area contributed by atoms with Gasteiger partial charge >= 0.3 is 0 Å². The van der Waals surface area contributed by atoms with Crippen molar-refractivity contribution < 1.29 is 17.9 Å². The van der Waals surface area contributed by atoms with Gasteiger partial charge in [0.2, 0.25) is 10.0 Å². The maximum atomic E-state index is 12.4. The van der Waals surface area contributed by atoms with Gasteiger partial charge in [-0.2, -0.15) is 0 Å². The van der Waals surface area contributed by atoms with Crippen LogP contribution in [0.1, 0.15) is 36.0 Å². The van der Waals surface area contributed by atoms with Crippen molar-refractivity contribution in [3.05, 3.63) is 29.8 Å². The number of halogens is 1. The van der Waals surface area contributed by atoms with Crippen molar-refractivity contribution in [3.63, 3.8) is 0 Å². The smallest absolute Gasteiger partial charge is 0.251 e. The number of hydrogen-bond donors (Lipinski definition) is 3. The van der Waals surface area contributed by atoms with Gasteiger partial charge in [0.15, 0.2) is 0 Å².